The van der Waals surface area contributed by atoms with Crippen LogP contribution in [0.15, 0.2) is 36.4 Å². The second kappa shape index (κ2) is 7.19. The first-order chi connectivity index (χ1) is 13.0. The Morgan fingerprint density at radius 3 is 2.41 bits per heavy atom. The van der Waals surface area contributed by atoms with Gasteiger partial charge in [-0.05, 0) is 44.2 Å². The second-order valence-corrected chi connectivity index (χ2v) is 7.99. The lowest BCUT2D eigenvalue weighted by Gasteiger charge is -2.34. The number of amides is 1. The van der Waals surface area contributed by atoms with Gasteiger partial charge in [0.1, 0.15) is 5.75 Å². The lowest BCUT2D eigenvalue weighted by atomic mass is 10.1. The van der Waals surface area contributed by atoms with Crippen molar-refractivity contribution in [2.45, 2.75) is 13.8 Å². The summed E-state index contributed by atoms with van der Waals surface area (Å²) in [5.41, 5.74) is 4.03. The van der Waals surface area contributed by atoms with E-state index in [1.165, 1.54) is 0 Å². The van der Waals surface area contributed by atoms with Crippen LogP contribution >= 0.6 is 11.3 Å². The van der Waals surface area contributed by atoms with Crippen molar-refractivity contribution in [2.75, 3.05) is 38.2 Å². The Kier molecular flexibility index (Phi) is 4.74. The molecule has 2 heterocycles. The quantitative estimate of drug-likeness (QED) is 0.691. The Morgan fingerprint density at radius 1 is 1.04 bits per heavy atom. The molecule has 5 nitrogen and oxygen atoms in total. The van der Waals surface area contributed by atoms with Gasteiger partial charge in [0.2, 0.25) is 0 Å². The molecule has 2 aromatic carbocycles. The summed E-state index contributed by atoms with van der Waals surface area (Å²) in [6.07, 6.45) is 0. The fourth-order valence-electron chi connectivity index (χ4n) is 3.54. The summed E-state index contributed by atoms with van der Waals surface area (Å²) in [4.78, 5) is 21.8. The molecule has 1 aliphatic heterocycles. The minimum atomic E-state index is 0.121. The monoisotopic (exact) mass is 381 g/mol. The molecular formula is C21H23N3O2S. The number of benzene rings is 2. The Morgan fingerprint density at radius 2 is 1.74 bits per heavy atom. The van der Waals surface area contributed by atoms with Crippen LogP contribution in [0.3, 0.4) is 0 Å². The van der Waals surface area contributed by atoms with Crippen LogP contribution in [-0.2, 0) is 0 Å². The standard InChI is InChI=1S/C21H23N3O2S/c1-14-10-15(2)12-16(11-14)20(25)23-6-8-24(9-7-23)21-22-18-5-4-17(26-3)13-19(18)27-21/h4-5,10-13H,6-9H2,1-3H3. The van der Waals surface area contributed by atoms with E-state index in [1.54, 1.807) is 18.4 Å². The van der Waals surface area contributed by atoms with Gasteiger partial charge in [-0.25, -0.2) is 4.98 Å². The van der Waals surface area contributed by atoms with E-state index in [2.05, 4.69) is 11.0 Å². The molecule has 1 fully saturated rings. The number of rotatable bonds is 3. The molecule has 0 unspecified atom stereocenters. The molecule has 1 saturated heterocycles. The van der Waals surface area contributed by atoms with Crippen LogP contribution in [0.2, 0.25) is 0 Å². The zero-order chi connectivity index (χ0) is 19.0. The van der Waals surface area contributed by atoms with E-state index in [0.717, 1.165) is 50.9 Å². The SMILES string of the molecule is COc1ccc2nc(N3CCN(C(=O)c4cc(C)cc(C)c4)CC3)sc2c1. The van der Waals surface area contributed by atoms with Crippen LogP contribution < -0.4 is 9.64 Å². The number of anilines is 1. The van der Waals surface area contributed by atoms with Crippen molar-refractivity contribution < 1.29 is 9.53 Å². The van der Waals surface area contributed by atoms with Crippen molar-refractivity contribution in [3.8, 4) is 5.75 Å². The third kappa shape index (κ3) is 3.62. The fourth-order valence-corrected chi connectivity index (χ4v) is 4.58. The van der Waals surface area contributed by atoms with Crippen LogP contribution in [0.5, 0.6) is 5.75 Å². The van der Waals surface area contributed by atoms with Gasteiger partial charge >= 0.3 is 0 Å². The van der Waals surface area contributed by atoms with Gasteiger partial charge in [-0.3, -0.25) is 4.79 Å². The highest BCUT2D eigenvalue weighted by Crippen LogP contribution is 2.32. The smallest absolute Gasteiger partial charge is 0.253 e. The van der Waals surface area contributed by atoms with Gasteiger partial charge in [0, 0.05) is 31.7 Å². The van der Waals surface area contributed by atoms with Crippen LogP contribution in [0.25, 0.3) is 10.2 Å². The lowest BCUT2D eigenvalue weighted by Crippen LogP contribution is -2.48. The number of hydrogen-bond donors (Lipinski definition) is 0. The zero-order valence-electron chi connectivity index (χ0n) is 15.9. The minimum absolute atomic E-state index is 0.121. The first-order valence-electron chi connectivity index (χ1n) is 9.10. The third-order valence-electron chi connectivity index (χ3n) is 4.89. The summed E-state index contributed by atoms with van der Waals surface area (Å²) in [6.45, 7) is 7.09. The molecule has 0 saturated carbocycles. The Balaban J connectivity index is 1.46. The average Bonchev–Trinajstić information content (AvgIpc) is 3.10. The number of ether oxygens (including phenoxy) is 1. The van der Waals surface area contributed by atoms with Gasteiger partial charge in [-0.15, -0.1) is 0 Å². The van der Waals surface area contributed by atoms with Gasteiger partial charge in [0.05, 0.1) is 17.3 Å². The summed E-state index contributed by atoms with van der Waals surface area (Å²) in [5, 5.41) is 1.01. The summed E-state index contributed by atoms with van der Waals surface area (Å²) in [5.74, 6) is 0.969. The number of thiazole rings is 1. The topological polar surface area (TPSA) is 45.7 Å². The summed E-state index contributed by atoms with van der Waals surface area (Å²) < 4.78 is 6.42. The Labute approximate surface area is 163 Å². The predicted molar refractivity (Wildman–Crippen MR) is 110 cm³/mol. The van der Waals surface area contributed by atoms with Crippen LogP contribution in [0.4, 0.5) is 5.13 Å². The van der Waals surface area contributed by atoms with Crippen molar-refractivity contribution in [1.82, 2.24) is 9.88 Å². The van der Waals surface area contributed by atoms with Crippen molar-refractivity contribution in [2.24, 2.45) is 0 Å². The Bertz CT molecular complexity index is 970. The third-order valence-corrected chi connectivity index (χ3v) is 5.97. The van der Waals surface area contributed by atoms with E-state index in [1.807, 2.05) is 49.1 Å². The number of fused-ring (bicyclic) bond motifs is 1. The molecule has 27 heavy (non-hydrogen) atoms. The highest BCUT2D eigenvalue weighted by Gasteiger charge is 2.24. The van der Waals surface area contributed by atoms with Crippen molar-refractivity contribution in [3.05, 3.63) is 53.1 Å². The molecule has 0 radical (unpaired) electrons. The number of carbonyl (C=O) groups excluding carboxylic acids is 1. The summed E-state index contributed by atoms with van der Waals surface area (Å²) in [6, 6.07) is 12.0. The molecule has 1 aromatic heterocycles. The molecule has 0 bridgehead atoms. The van der Waals surface area contributed by atoms with Crippen LogP contribution in [-0.4, -0.2) is 49.1 Å². The van der Waals surface area contributed by atoms with E-state index in [-0.39, 0.29) is 5.91 Å². The van der Waals surface area contributed by atoms with E-state index in [0.29, 0.717) is 13.1 Å². The van der Waals surface area contributed by atoms with Crippen LogP contribution in [0.1, 0.15) is 21.5 Å². The van der Waals surface area contributed by atoms with E-state index in [9.17, 15) is 4.79 Å². The van der Waals surface area contributed by atoms with Crippen LogP contribution in [0, 0.1) is 13.8 Å². The number of hydrogen-bond acceptors (Lipinski definition) is 5. The molecule has 6 heteroatoms. The Hall–Kier alpha value is -2.60. The molecule has 0 atom stereocenters. The minimum Gasteiger partial charge on any atom is -0.497 e. The number of nitrogens with zero attached hydrogens (tertiary/aromatic N) is 3. The number of piperazine rings is 1. The maximum absolute atomic E-state index is 12.8. The second-order valence-electron chi connectivity index (χ2n) is 6.99. The van der Waals surface area contributed by atoms with Gasteiger partial charge in [0.25, 0.3) is 5.91 Å². The summed E-state index contributed by atoms with van der Waals surface area (Å²) >= 11 is 1.67. The normalized spacial score (nSPS) is 14.6. The molecule has 1 amide bonds. The molecular weight excluding hydrogens is 358 g/mol. The molecule has 140 valence electrons. The summed E-state index contributed by atoms with van der Waals surface area (Å²) in [7, 11) is 1.68. The molecule has 1 aliphatic rings. The largest absolute Gasteiger partial charge is 0.497 e. The highest BCUT2D eigenvalue weighted by molar-refractivity contribution is 7.22. The van der Waals surface area contributed by atoms with E-state index >= 15 is 0 Å². The van der Waals surface area contributed by atoms with E-state index in [4.69, 9.17) is 9.72 Å². The number of carbonyl (C=O) groups is 1. The predicted octanol–water partition coefficient (Wildman–Crippen LogP) is 3.88. The van der Waals surface area contributed by atoms with Gasteiger partial charge in [-0.2, -0.15) is 0 Å². The molecule has 3 aromatic rings. The van der Waals surface area contributed by atoms with Gasteiger partial charge in [-0.1, -0.05) is 28.5 Å². The molecule has 0 spiro atoms. The van der Waals surface area contributed by atoms with Gasteiger partial charge < -0.3 is 14.5 Å². The molecule has 0 aliphatic carbocycles. The lowest BCUT2D eigenvalue weighted by molar-refractivity contribution is 0.0746. The van der Waals surface area contributed by atoms with Gasteiger partial charge in [0.15, 0.2) is 5.13 Å². The fraction of sp³-hybridized carbons (Fsp3) is 0.333. The number of aromatic nitrogens is 1. The van der Waals surface area contributed by atoms with Crippen molar-refractivity contribution >= 4 is 32.6 Å². The number of aryl methyl sites for hydroxylation is 2. The first-order valence-corrected chi connectivity index (χ1v) is 9.92. The first kappa shape index (κ1) is 17.8. The highest BCUT2D eigenvalue weighted by atomic mass is 32.1. The van der Waals surface area contributed by atoms with Crippen molar-refractivity contribution in [3.63, 3.8) is 0 Å². The maximum atomic E-state index is 12.8. The van der Waals surface area contributed by atoms with Crippen molar-refractivity contribution in [1.29, 1.82) is 0 Å². The van der Waals surface area contributed by atoms with E-state index < -0.39 is 0 Å². The average molecular weight is 382 g/mol. The molecule has 4 rings (SSSR count). The number of methoxy groups -OCH3 is 1. The zero-order valence-corrected chi connectivity index (χ0v) is 16.7. The molecule has 0 N–H and O–H groups in total. The maximum Gasteiger partial charge on any atom is 0.253 e.